The molecule has 2 N–H and O–H groups in total. The largest absolute Gasteiger partial charge is 0.451 e. The lowest BCUT2D eigenvalue weighted by molar-refractivity contribution is -0.156. The van der Waals surface area contributed by atoms with Gasteiger partial charge in [-0.3, -0.25) is 19.3 Å². The molecular formula is C21H29N3O5. The molecular weight excluding hydrogens is 374 g/mol. The van der Waals surface area contributed by atoms with Crippen LogP contribution in [0, 0.1) is 6.92 Å². The molecule has 158 valence electrons. The van der Waals surface area contributed by atoms with Crippen molar-refractivity contribution in [2.24, 2.45) is 0 Å². The van der Waals surface area contributed by atoms with Crippen LogP contribution >= 0.6 is 0 Å². The molecule has 0 aromatic heterocycles. The molecule has 2 rings (SSSR count). The van der Waals surface area contributed by atoms with Crippen molar-refractivity contribution in [1.82, 2.24) is 15.5 Å². The van der Waals surface area contributed by atoms with Crippen LogP contribution < -0.4 is 10.6 Å². The van der Waals surface area contributed by atoms with Crippen LogP contribution in [0.4, 0.5) is 4.79 Å². The number of urea groups is 1. The van der Waals surface area contributed by atoms with Crippen LogP contribution in [-0.2, 0) is 25.7 Å². The van der Waals surface area contributed by atoms with Gasteiger partial charge in [-0.2, -0.15) is 0 Å². The molecule has 0 unspecified atom stereocenters. The first kappa shape index (κ1) is 22.4. The molecule has 0 spiro atoms. The number of esters is 1. The number of hydrogen-bond acceptors (Lipinski definition) is 5. The zero-order chi connectivity index (χ0) is 21.6. The first-order valence-corrected chi connectivity index (χ1v) is 9.83. The number of rotatable bonds is 9. The van der Waals surface area contributed by atoms with Gasteiger partial charge in [-0.1, -0.05) is 49.6 Å². The summed E-state index contributed by atoms with van der Waals surface area (Å²) >= 11 is 0. The Labute approximate surface area is 171 Å². The number of carbonyl (C=O) groups excluding carboxylic acids is 4. The molecule has 29 heavy (non-hydrogen) atoms. The SMILES string of the molecule is CCCC[C@@]1(C)NC(=O)N(CC(=O)O[C@@H](C)C(=O)NCc2ccc(C)cc2)C1=O. The van der Waals surface area contributed by atoms with E-state index in [-0.39, 0.29) is 0 Å². The molecule has 8 heteroatoms. The zero-order valence-electron chi connectivity index (χ0n) is 17.4. The molecule has 1 aliphatic heterocycles. The number of imide groups is 1. The zero-order valence-corrected chi connectivity index (χ0v) is 17.4. The number of nitrogens with one attached hydrogen (secondary N) is 2. The lowest BCUT2D eigenvalue weighted by Crippen LogP contribution is -2.44. The van der Waals surface area contributed by atoms with E-state index in [2.05, 4.69) is 10.6 Å². The van der Waals surface area contributed by atoms with Crippen molar-refractivity contribution in [1.29, 1.82) is 0 Å². The minimum Gasteiger partial charge on any atom is -0.451 e. The molecule has 0 aliphatic carbocycles. The maximum atomic E-state index is 12.5. The molecule has 0 radical (unpaired) electrons. The van der Waals surface area contributed by atoms with E-state index in [4.69, 9.17) is 4.74 Å². The molecule has 1 fully saturated rings. The molecule has 1 aromatic carbocycles. The molecule has 1 aliphatic rings. The van der Waals surface area contributed by atoms with Gasteiger partial charge >= 0.3 is 12.0 Å². The van der Waals surface area contributed by atoms with Crippen LogP contribution in [-0.4, -0.2) is 46.9 Å². The Bertz CT molecular complexity index is 777. The second kappa shape index (κ2) is 9.54. The Morgan fingerprint density at radius 1 is 1.24 bits per heavy atom. The highest BCUT2D eigenvalue weighted by molar-refractivity contribution is 6.08. The number of benzene rings is 1. The van der Waals surface area contributed by atoms with E-state index in [9.17, 15) is 19.2 Å². The van der Waals surface area contributed by atoms with E-state index in [1.165, 1.54) is 6.92 Å². The number of ether oxygens (including phenoxy) is 1. The standard InChI is InChI=1S/C21H29N3O5/c1-5-6-11-21(4)19(27)24(20(28)23-21)13-17(25)29-15(3)18(26)22-12-16-9-7-14(2)8-10-16/h7-10,15H,5-6,11-13H2,1-4H3,(H,22,26)(H,23,28)/t15-,21+/m0/s1. The average Bonchev–Trinajstić information content (AvgIpc) is 2.89. The monoisotopic (exact) mass is 403 g/mol. The van der Waals surface area contributed by atoms with Gasteiger partial charge in [0.1, 0.15) is 12.1 Å². The van der Waals surface area contributed by atoms with Gasteiger partial charge < -0.3 is 15.4 Å². The summed E-state index contributed by atoms with van der Waals surface area (Å²) < 4.78 is 5.10. The maximum absolute atomic E-state index is 12.5. The third-order valence-electron chi connectivity index (χ3n) is 4.93. The van der Waals surface area contributed by atoms with E-state index >= 15 is 0 Å². The summed E-state index contributed by atoms with van der Waals surface area (Å²) in [5.74, 6) is -1.72. The van der Waals surface area contributed by atoms with Crippen LogP contribution in [0.1, 0.15) is 51.2 Å². The molecule has 2 atom stereocenters. The van der Waals surface area contributed by atoms with E-state index in [0.717, 1.165) is 28.9 Å². The van der Waals surface area contributed by atoms with Gasteiger partial charge in [0.2, 0.25) is 0 Å². The number of carbonyl (C=O) groups is 4. The molecule has 1 heterocycles. The van der Waals surface area contributed by atoms with Gasteiger partial charge in [0.25, 0.3) is 11.8 Å². The quantitative estimate of drug-likeness (QED) is 0.485. The first-order valence-electron chi connectivity index (χ1n) is 9.83. The van der Waals surface area contributed by atoms with Crippen molar-refractivity contribution in [3.63, 3.8) is 0 Å². The lowest BCUT2D eigenvalue weighted by Gasteiger charge is -2.21. The van der Waals surface area contributed by atoms with Crippen LogP contribution in [0.3, 0.4) is 0 Å². The Hall–Kier alpha value is -2.90. The summed E-state index contributed by atoms with van der Waals surface area (Å²) in [4.78, 5) is 49.8. The van der Waals surface area contributed by atoms with E-state index in [0.29, 0.717) is 13.0 Å². The van der Waals surface area contributed by atoms with Gasteiger partial charge in [0, 0.05) is 6.54 Å². The normalized spacial score (nSPS) is 19.7. The number of unbranched alkanes of at least 4 members (excludes halogenated alkanes) is 1. The second-order valence-corrected chi connectivity index (χ2v) is 7.59. The van der Waals surface area contributed by atoms with Crippen LogP contribution in [0.15, 0.2) is 24.3 Å². The number of nitrogens with zero attached hydrogens (tertiary/aromatic N) is 1. The fourth-order valence-corrected chi connectivity index (χ4v) is 3.05. The fraction of sp³-hybridized carbons (Fsp3) is 0.524. The van der Waals surface area contributed by atoms with Crippen molar-refractivity contribution in [2.45, 2.75) is 65.1 Å². The van der Waals surface area contributed by atoms with Crippen molar-refractivity contribution in [3.05, 3.63) is 35.4 Å². The predicted octanol–water partition coefficient (Wildman–Crippen LogP) is 2.04. The second-order valence-electron chi connectivity index (χ2n) is 7.59. The van der Waals surface area contributed by atoms with E-state index in [1.807, 2.05) is 38.1 Å². The van der Waals surface area contributed by atoms with Crippen LogP contribution in [0.25, 0.3) is 0 Å². The van der Waals surface area contributed by atoms with Gasteiger partial charge in [-0.05, 0) is 32.8 Å². The highest BCUT2D eigenvalue weighted by Crippen LogP contribution is 2.23. The van der Waals surface area contributed by atoms with Gasteiger partial charge in [-0.15, -0.1) is 0 Å². The van der Waals surface area contributed by atoms with Crippen molar-refractivity contribution >= 4 is 23.8 Å². The number of hydrogen-bond donors (Lipinski definition) is 2. The Balaban J connectivity index is 1.84. The van der Waals surface area contributed by atoms with Crippen LogP contribution in [0.2, 0.25) is 0 Å². The third-order valence-corrected chi connectivity index (χ3v) is 4.93. The van der Waals surface area contributed by atoms with Crippen molar-refractivity contribution in [3.8, 4) is 0 Å². The average molecular weight is 403 g/mol. The van der Waals surface area contributed by atoms with Gasteiger partial charge in [-0.25, -0.2) is 4.79 Å². The number of aryl methyl sites for hydroxylation is 1. The van der Waals surface area contributed by atoms with E-state index in [1.54, 1.807) is 6.92 Å². The lowest BCUT2D eigenvalue weighted by atomic mass is 9.95. The minimum absolute atomic E-state index is 0.309. The maximum Gasteiger partial charge on any atom is 0.327 e. The fourth-order valence-electron chi connectivity index (χ4n) is 3.05. The Morgan fingerprint density at radius 3 is 2.52 bits per heavy atom. The Morgan fingerprint density at radius 2 is 1.90 bits per heavy atom. The molecule has 4 amide bonds. The molecule has 0 saturated carbocycles. The van der Waals surface area contributed by atoms with Crippen molar-refractivity contribution in [2.75, 3.05) is 6.54 Å². The van der Waals surface area contributed by atoms with Crippen LogP contribution in [0.5, 0.6) is 0 Å². The van der Waals surface area contributed by atoms with Gasteiger partial charge in [0.05, 0.1) is 0 Å². The summed E-state index contributed by atoms with van der Waals surface area (Å²) in [7, 11) is 0. The molecule has 1 aromatic rings. The molecule has 0 bridgehead atoms. The molecule has 8 nitrogen and oxygen atoms in total. The Kier molecular flexibility index (Phi) is 7.36. The highest BCUT2D eigenvalue weighted by Gasteiger charge is 2.48. The van der Waals surface area contributed by atoms with Crippen molar-refractivity contribution < 1.29 is 23.9 Å². The third kappa shape index (κ3) is 5.79. The van der Waals surface area contributed by atoms with Gasteiger partial charge in [0.15, 0.2) is 6.10 Å². The summed E-state index contributed by atoms with van der Waals surface area (Å²) in [5.41, 5.74) is 1.03. The summed E-state index contributed by atoms with van der Waals surface area (Å²) in [5, 5.41) is 5.33. The van der Waals surface area contributed by atoms with E-state index < -0.39 is 42.0 Å². The number of amides is 4. The smallest absolute Gasteiger partial charge is 0.327 e. The first-order chi connectivity index (χ1) is 13.7. The summed E-state index contributed by atoms with van der Waals surface area (Å²) in [6.45, 7) is 6.84. The highest BCUT2D eigenvalue weighted by atomic mass is 16.5. The summed E-state index contributed by atoms with van der Waals surface area (Å²) in [6.07, 6.45) is 1.12. The minimum atomic E-state index is -1.04. The summed E-state index contributed by atoms with van der Waals surface area (Å²) in [6, 6.07) is 7.06. The molecule has 1 saturated heterocycles. The predicted molar refractivity (Wildman–Crippen MR) is 107 cm³/mol. The topological polar surface area (TPSA) is 105 Å².